The standard InChI is InChI=1S/C47H31N3.C41H27N3/c1-3-11-32(12-4-1)36-21-26-43(48-31-36)33-19-24-38(25-20-33)50-45-18-10-8-16-40(45)42-30-35(23-28-47(42)50)34-22-27-46-41(29-34)39-15-7-9-17-44(39)49(46)37-13-5-2-6-14-37;1-2-10-31(11-3-1)43-38-15-6-4-12-33(38)35-26-29(19-23-40(35)43)30-20-24-41-36(27-30)34-13-5-7-16-39(34)44(41)32-21-17-28(18-22-32)37-14-8-9-25-42-37/h1-31H;1-27H. The molecular formula is C88H58N6. The number of nitrogens with zero attached hydrogens (tertiary/aromatic N) is 6. The second kappa shape index (κ2) is 22.7. The van der Waals surface area contributed by atoms with Crippen molar-refractivity contribution in [2.75, 3.05) is 0 Å². The van der Waals surface area contributed by atoms with Crippen LogP contribution in [0.4, 0.5) is 0 Å². The SMILES string of the molecule is c1ccc(-c2ccc(-c3ccc(-n4c5ccccc5c5cc(-c6ccc7c(c6)c6ccccc6n7-c6ccccc6)ccc54)cc3)nc2)cc1.c1ccc(-n2c3ccccc3c3cc(-c4ccc5c(c4)c4ccccc4n5-c4ccc(-c5ccccn5)cc4)ccc32)cc1. The van der Waals surface area contributed by atoms with E-state index >= 15 is 0 Å². The molecule has 440 valence electrons. The van der Waals surface area contributed by atoms with Crippen LogP contribution >= 0.6 is 0 Å². The van der Waals surface area contributed by atoms with Gasteiger partial charge < -0.3 is 18.3 Å². The summed E-state index contributed by atoms with van der Waals surface area (Å²) in [6.45, 7) is 0. The molecule has 0 bridgehead atoms. The molecule has 0 aliphatic rings. The Kier molecular flexibility index (Phi) is 13.1. The van der Waals surface area contributed by atoms with Crippen LogP contribution in [-0.4, -0.2) is 28.2 Å². The predicted molar refractivity (Wildman–Crippen MR) is 393 cm³/mol. The molecule has 0 amide bonds. The van der Waals surface area contributed by atoms with Gasteiger partial charge in [0.1, 0.15) is 0 Å². The lowest BCUT2D eigenvalue weighted by Crippen LogP contribution is -1.94. The van der Waals surface area contributed by atoms with Gasteiger partial charge in [-0.2, -0.15) is 0 Å². The van der Waals surface area contributed by atoms with Crippen LogP contribution in [0.25, 0.3) is 166 Å². The Labute approximate surface area is 543 Å². The summed E-state index contributed by atoms with van der Waals surface area (Å²) < 4.78 is 9.48. The van der Waals surface area contributed by atoms with Gasteiger partial charge in [-0.25, -0.2) is 0 Å². The second-order valence-electron chi connectivity index (χ2n) is 24.1. The third kappa shape index (κ3) is 9.26. The number of hydrogen-bond donors (Lipinski definition) is 0. The molecule has 94 heavy (non-hydrogen) atoms. The predicted octanol–water partition coefficient (Wildman–Crippen LogP) is 22.9. The molecule has 0 aliphatic heterocycles. The van der Waals surface area contributed by atoms with E-state index in [2.05, 4.69) is 339 Å². The zero-order valence-corrected chi connectivity index (χ0v) is 51.2. The quantitative estimate of drug-likeness (QED) is 0.145. The number of fused-ring (bicyclic) bond motifs is 12. The highest BCUT2D eigenvalue weighted by Gasteiger charge is 2.19. The number of pyridine rings is 2. The van der Waals surface area contributed by atoms with Crippen molar-refractivity contribution in [3.8, 4) is 78.6 Å². The van der Waals surface area contributed by atoms with E-state index in [1.165, 1.54) is 126 Å². The maximum absolute atomic E-state index is 4.80. The molecule has 19 aromatic rings. The minimum Gasteiger partial charge on any atom is -0.309 e. The summed E-state index contributed by atoms with van der Waals surface area (Å²) in [5.41, 5.74) is 25.6. The van der Waals surface area contributed by atoms with Gasteiger partial charge >= 0.3 is 0 Å². The fourth-order valence-corrected chi connectivity index (χ4v) is 14.3. The lowest BCUT2D eigenvalue weighted by atomic mass is 10.0. The molecule has 6 heteroatoms. The summed E-state index contributed by atoms with van der Waals surface area (Å²) in [4.78, 5) is 9.32. The summed E-state index contributed by atoms with van der Waals surface area (Å²) in [6.07, 6.45) is 3.80. The Hall–Kier alpha value is -12.6. The van der Waals surface area contributed by atoms with Crippen LogP contribution in [-0.2, 0) is 0 Å². The normalized spacial score (nSPS) is 11.6. The molecule has 0 aliphatic carbocycles. The van der Waals surface area contributed by atoms with Gasteiger partial charge in [-0.15, -0.1) is 0 Å². The topological polar surface area (TPSA) is 45.5 Å². The van der Waals surface area contributed by atoms with Crippen molar-refractivity contribution >= 4 is 87.2 Å². The summed E-state index contributed by atoms with van der Waals surface area (Å²) in [5.74, 6) is 0. The number of benzene rings is 13. The Morgan fingerprint density at radius 1 is 0.170 bits per heavy atom. The molecule has 6 heterocycles. The number of rotatable bonds is 9. The third-order valence-electron chi connectivity index (χ3n) is 18.8. The minimum atomic E-state index is 0.965. The van der Waals surface area contributed by atoms with E-state index in [1.807, 2.05) is 36.7 Å². The van der Waals surface area contributed by atoms with Gasteiger partial charge in [0, 0.05) is 94.9 Å². The zero-order chi connectivity index (χ0) is 62.1. The van der Waals surface area contributed by atoms with E-state index in [4.69, 9.17) is 4.98 Å². The monoisotopic (exact) mass is 1200 g/mol. The van der Waals surface area contributed by atoms with Crippen LogP contribution in [0.2, 0.25) is 0 Å². The number of hydrogen-bond acceptors (Lipinski definition) is 2. The highest BCUT2D eigenvalue weighted by Crippen LogP contribution is 2.42. The van der Waals surface area contributed by atoms with Gasteiger partial charge in [0.25, 0.3) is 0 Å². The molecule has 0 radical (unpaired) electrons. The first kappa shape index (κ1) is 54.3. The molecule has 19 rings (SSSR count). The molecule has 0 fully saturated rings. The second-order valence-corrected chi connectivity index (χ2v) is 24.1. The lowest BCUT2D eigenvalue weighted by Gasteiger charge is -2.10. The Morgan fingerprint density at radius 2 is 0.457 bits per heavy atom. The highest BCUT2D eigenvalue weighted by atomic mass is 15.0. The first-order valence-electron chi connectivity index (χ1n) is 32.0. The van der Waals surface area contributed by atoms with Crippen molar-refractivity contribution in [2.45, 2.75) is 0 Å². The van der Waals surface area contributed by atoms with E-state index in [0.717, 1.165) is 39.5 Å². The summed E-state index contributed by atoms with van der Waals surface area (Å²) in [6, 6.07) is 122. The molecule has 6 aromatic heterocycles. The lowest BCUT2D eigenvalue weighted by molar-refractivity contribution is 1.18. The maximum atomic E-state index is 4.80. The Bertz CT molecular complexity index is 6040. The Balaban J connectivity index is 0.000000139. The van der Waals surface area contributed by atoms with E-state index in [-0.39, 0.29) is 0 Å². The van der Waals surface area contributed by atoms with Crippen LogP contribution < -0.4 is 0 Å². The Morgan fingerprint density at radius 3 is 0.798 bits per heavy atom. The van der Waals surface area contributed by atoms with Gasteiger partial charge in [-0.3, -0.25) is 9.97 Å². The molecule has 0 N–H and O–H groups in total. The van der Waals surface area contributed by atoms with Crippen LogP contribution in [0.1, 0.15) is 0 Å². The number of para-hydroxylation sites is 6. The van der Waals surface area contributed by atoms with Gasteiger partial charge in [0.05, 0.1) is 55.5 Å². The van der Waals surface area contributed by atoms with E-state index in [0.29, 0.717) is 0 Å². The largest absolute Gasteiger partial charge is 0.309 e. The van der Waals surface area contributed by atoms with Crippen molar-refractivity contribution in [3.63, 3.8) is 0 Å². The van der Waals surface area contributed by atoms with Crippen molar-refractivity contribution in [1.82, 2.24) is 28.2 Å². The van der Waals surface area contributed by atoms with Crippen molar-refractivity contribution < 1.29 is 0 Å². The van der Waals surface area contributed by atoms with Crippen LogP contribution in [0.3, 0.4) is 0 Å². The molecule has 0 atom stereocenters. The first-order chi connectivity index (χ1) is 46.6. The third-order valence-corrected chi connectivity index (χ3v) is 18.8. The molecule has 0 spiro atoms. The highest BCUT2D eigenvalue weighted by molar-refractivity contribution is 6.15. The van der Waals surface area contributed by atoms with E-state index in [1.54, 1.807) is 0 Å². The zero-order valence-electron chi connectivity index (χ0n) is 51.2. The summed E-state index contributed by atoms with van der Waals surface area (Å²) >= 11 is 0. The van der Waals surface area contributed by atoms with Gasteiger partial charge in [-0.1, -0.05) is 200 Å². The average Bonchev–Trinajstić information content (AvgIpc) is 1.61. The van der Waals surface area contributed by atoms with Gasteiger partial charge in [0.2, 0.25) is 0 Å². The molecular weight excluding hydrogens is 1140 g/mol. The van der Waals surface area contributed by atoms with E-state index in [9.17, 15) is 0 Å². The molecule has 0 saturated heterocycles. The fourth-order valence-electron chi connectivity index (χ4n) is 14.3. The molecule has 0 unspecified atom stereocenters. The number of aromatic nitrogens is 6. The smallest absolute Gasteiger partial charge is 0.0702 e. The fraction of sp³-hybridized carbons (Fsp3) is 0. The van der Waals surface area contributed by atoms with E-state index < -0.39 is 0 Å². The molecule has 0 saturated carbocycles. The van der Waals surface area contributed by atoms with Crippen LogP contribution in [0.5, 0.6) is 0 Å². The maximum Gasteiger partial charge on any atom is 0.0702 e. The van der Waals surface area contributed by atoms with Gasteiger partial charge in [-0.05, 0) is 167 Å². The summed E-state index contributed by atoms with van der Waals surface area (Å²) in [7, 11) is 0. The van der Waals surface area contributed by atoms with Crippen LogP contribution in [0, 0.1) is 0 Å². The first-order valence-corrected chi connectivity index (χ1v) is 32.0. The minimum absolute atomic E-state index is 0.965. The van der Waals surface area contributed by atoms with Gasteiger partial charge in [0.15, 0.2) is 0 Å². The summed E-state index contributed by atoms with van der Waals surface area (Å²) in [5, 5.41) is 10.0. The average molecular weight is 1200 g/mol. The van der Waals surface area contributed by atoms with Crippen molar-refractivity contribution in [1.29, 1.82) is 0 Å². The van der Waals surface area contributed by atoms with Crippen LogP contribution in [0.15, 0.2) is 352 Å². The van der Waals surface area contributed by atoms with Crippen molar-refractivity contribution in [2.24, 2.45) is 0 Å². The molecule has 13 aromatic carbocycles. The van der Waals surface area contributed by atoms with Crippen molar-refractivity contribution in [3.05, 3.63) is 352 Å². The molecule has 6 nitrogen and oxygen atoms in total.